The van der Waals surface area contributed by atoms with E-state index in [2.05, 4.69) is 22.4 Å². The Morgan fingerprint density at radius 1 is 1.50 bits per heavy atom. The van der Waals surface area contributed by atoms with Crippen LogP contribution in [0.15, 0.2) is 5.16 Å². The summed E-state index contributed by atoms with van der Waals surface area (Å²) in [7, 11) is 1.96. The predicted octanol–water partition coefficient (Wildman–Crippen LogP) is 1.53. The highest BCUT2D eigenvalue weighted by Gasteiger charge is 2.23. The Labute approximate surface area is 112 Å². The summed E-state index contributed by atoms with van der Waals surface area (Å²) < 4.78 is 1.99. The first kappa shape index (κ1) is 13.4. The van der Waals surface area contributed by atoms with Gasteiger partial charge in [-0.15, -0.1) is 10.2 Å². The normalized spacial score (nSPS) is 14.8. The molecule has 1 aromatic rings. The Morgan fingerprint density at radius 2 is 2.28 bits per heavy atom. The molecule has 0 bridgehead atoms. The van der Waals surface area contributed by atoms with Gasteiger partial charge in [0, 0.05) is 19.5 Å². The minimum absolute atomic E-state index is 0.0978. The Balaban J connectivity index is 1.80. The quantitative estimate of drug-likeness (QED) is 0.762. The van der Waals surface area contributed by atoms with Crippen LogP contribution in [0.3, 0.4) is 0 Å². The number of aromatic nitrogens is 3. The second-order valence-electron chi connectivity index (χ2n) is 4.69. The lowest BCUT2D eigenvalue weighted by atomic mass is 10.2. The third-order valence-electron chi connectivity index (χ3n) is 2.95. The SMILES string of the molecule is CCCCc1nnc(SCC(=O)NC2CC2)n1C. The van der Waals surface area contributed by atoms with Gasteiger partial charge in [-0.2, -0.15) is 0 Å². The number of carbonyl (C=O) groups is 1. The van der Waals surface area contributed by atoms with Gasteiger partial charge in [0.1, 0.15) is 5.82 Å². The van der Waals surface area contributed by atoms with Gasteiger partial charge >= 0.3 is 0 Å². The van der Waals surface area contributed by atoms with Gasteiger partial charge in [-0.1, -0.05) is 25.1 Å². The van der Waals surface area contributed by atoms with Gasteiger partial charge in [0.25, 0.3) is 0 Å². The fraction of sp³-hybridized carbons (Fsp3) is 0.750. The summed E-state index contributed by atoms with van der Waals surface area (Å²) in [6.45, 7) is 2.16. The molecule has 1 aliphatic rings. The molecule has 1 amide bonds. The molecule has 1 saturated carbocycles. The van der Waals surface area contributed by atoms with Gasteiger partial charge in [0.15, 0.2) is 5.16 Å². The maximum Gasteiger partial charge on any atom is 0.230 e. The lowest BCUT2D eigenvalue weighted by molar-refractivity contribution is -0.118. The van der Waals surface area contributed by atoms with E-state index >= 15 is 0 Å². The van der Waals surface area contributed by atoms with Crippen molar-refractivity contribution in [2.24, 2.45) is 7.05 Å². The number of nitrogens with one attached hydrogen (secondary N) is 1. The van der Waals surface area contributed by atoms with Crippen molar-refractivity contribution in [3.63, 3.8) is 0 Å². The van der Waals surface area contributed by atoms with Crippen molar-refractivity contribution in [3.8, 4) is 0 Å². The first-order valence-corrected chi connectivity index (χ1v) is 7.49. The number of thioether (sulfide) groups is 1. The minimum Gasteiger partial charge on any atom is -0.353 e. The molecule has 0 saturated heterocycles. The van der Waals surface area contributed by atoms with E-state index in [0.717, 1.165) is 43.1 Å². The number of hydrogen-bond donors (Lipinski definition) is 1. The minimum atomic E-state index is 0.0978. The number of carbonyl (C=O) groups excluding carboxylic acids is 1. The van der Waals surface area contributed by atoms with Crippen molar-refractivity contribution < 1.29 is 4.79 Å². The molecule has 0 atom stereocenters. The summed E-state index contributed by atoms with van der Waals surface area (Å²) >= 11 is 1.46. The van der Waals surface area contributed by atoms with Crippen molar-refractivity contribution >= 4 is 17.7 Å². The molecule has 1 aliphatic carbocycles. The standard InChI is InChI=1S/C12H20N4OS/c1-3-4-5-10-14-15-12(16(10)2)18-8-11(17)13-9-6-7-9/h9H,3-8H2,1-2H3,(H,13,17). The lowest BCUT2D eigenvalue weighted by Gasteiger charge is -2.04. The highest BCUT2D eigenvalue weighted by atomic mass is 32.2. The summed E-state index contributed by atoms with van der Waals surface area (Å²) in [5, 5.41) is 12.1. The van der Waals surface area contributed by atoms with Gasteiger partial charge in [-0.3, -0.25) is 4.79 Å². The summed E-state index contributed by atoms with van der Waals surface area (Å²) in [5.74, 6) is 1.53. The predicted molar refractivity (Wildman–Crippen MR) is 71.5 cm³/mol. The fourth-order valence-electron chi connectivity index (χ4n) is 1.65. The molecule has 0 unspecified atom stereocenters. The zero-order valence-electron chi connectivity index (χ0n) is 11.0. The smallest absolute Gasteiger partial charge is 0.230 e. The van der Waals surface area contributed by atoms with Crippen LogP contribution in [0.5, 0.6) is 0 Å². The molecule has 1 aromatic heterocycles. The van der Waals surface area contributed by atoms with Gasteiger partial charge in [0.2, 0.25) is 5.91 Å². The number of aryl methyl sites for hydroxylation is 1. The molecular formula is C12H20N4OS. The monoisotopic (exact) mass is 268 g/mol. The average Bonchev–Trinajstić information content (AvgIpc) is 3.09. The summed E-state index contributed by atoms with van der Waals surface area (Å²) in [6, 6.07) is 0.428. The van der Waals surface area contributed by atoms with Crippen LogP contribution in [0.25, 0.3) is 0 Å². The van der Waals surface area contributed by atoms with E-state index in [1.165, 1.54) is 11.8 Å². The Bertz CT molecular complexity index is 414. The highest BCUT2D eigenvalue weighted by molar-refractivity contribution is 7.99. The molecule has 1 fully saturated rings. The maximum atomic E-state index is 11.6. The molecule has 18 heavy (non-hydrogen) atoms. The molecule has 100 valence electrons. The molecule has 5 nitrogen and oxygen atoms in total. The zero-order valence-corrected chi connectivity index (χ0v) is 11.8. The van der Waals surface area contributed by atoms with Gasteiger partial charge in [0.05, 0.1) is 5.75 Å². The zero-order chi connectivity index (χ0) is 13.0. The van der Waals surface area contributed by atoms with Crippen LogP contribution in [0.2, 0.25) is 0 Å². The van der Waals surface area contributed by atoms with Crippen LogP contribution in [-0.4, -0.2) is 32.5 Å². The van der Waals surface area contributed by atoms with E-state index in [1.807, 2.05) is 11.6 Å². The van der Waals surface area contributed by atoms with Gasteiger partial charge in [-0.05, 0) is 19.3 Å². The fourth-order valence-corrected chi connectivity index (χ4v) is 2.39. The van der Waals surface area contributed by atoms with Gasteiger partial charge < -0.3 is 9.88 Å². The van der Waals surface area contributed by atoms with Crippen molar-refractivity contribution in [3.05, 3.63) is 5.82 Å². The number of rotatable bonds is 7. The van der Waals surface area contributed by atoms with E-state index in [-0.39, 0.29) is 5.91 Å². The Hall–Kier alpha value is -1.04. The van der Waals surface area contributed by atoms with Crippen LogP contribution in [-0.2, 0) is 18.3 Å². The number of hydrogen-bond acceptors (Lipinski definition) is 4. The van der Waals surface area contributed by atoms with Crippen molar-refractivity contribution in [1.29, 1.82) is 0 Å². The van der Waals surface area contributed by atoms with E-state index in [9.17, 15) is 4.79 Å². The molecule has 1 N–H and O–H groups in total. The summed E-state index contributed by atoms with van der Waals surface area (Å²) in [5.41, 5.74) is 0. The Morgan fingerprint density at radius 3 is 2.94 bits per heavy atom. The van der Waals surface area contributed by atoms with E-state index < -0.39 is 0 Å². The molecule has 0 radical (unpaired) electrons. The van der Waals surface area contributed by atoms with Crippen molar-refractivity contribution in [2.45, 2.75) is 50.2 Å². The van der Waals surface area contributed by atoms with Crippen molar-refractivity contribution in [1.82, 2.24) is 20.1 Å². The lowest BCUT2D eigenvalue weighted by Crippen LogP contribution is -2.27. The topological polar surface area (TPSA) is 59.8 Å². The summed E-state index contributed by atoms with van der Waals surface area (Å²) in [6.07, 6.45) is 5.48. The van der Waals surface area contributed by atoms with Crippen LogP contribution >= 0.6 is 11.8 Å². The van der Waals surface area contributed by atoms with Crippen molar-refractivity contribution in [2.75, 3.05) is 5.75 Å². The van der Waals surface area contributed by atoms with Crippen LogP contribution in [0.4, 0.5) is 0 Å². The molecule has 1 heterocycles. The molecular weight excluding hydrogens is 248 g/mol. The highest BCUT2D eigenvalue weighted by Crippen LogP contribution is 2.20. The van der Waals surface area contributed by atoms with E-state index in [1.54, 1.807) is 0 Å². The van der Waals surface area contributed by atoms with E-state index in [4.69, 9.17) is 0 Å². The summed E-state index contributed by atoms with van der Waals surface area (Å²) in [4.78, 5) is 11.6. The first-order valence-electron chi connectivity index (χ1n) is 6.51. The third-order valence-corrected chi connectivity index (χ3v) is 3.97. The molecule has 0 aliphatic heterocycles. The van der Waals surface area contributed by atoms with Crippen LogP contribution in [0.1, 0.15) is 38.4 Å². The Kier molecular flexibility index (Phi) is 4.63. The van der Waals surface area contributed by atoms with Crippen LogP contribution in [0, 0.1) is 0 Å². The average molecular weight is 268 g/mol. The molecule has 2 rings (SSSR count). The second-order valence-corrected chi connectivity index (χ2v) is 5.63. The number of nitrogens with zero attached hydrogens (tertiary/aromatic N) is 3. The second kappa shape index (κ2) is 6.22. The largest absolute Gasteiger partial charge is 0.353 e. The van der Waals surface area contributed by atoms with Crippen LogP contribution < -0.4 is 5.32 Å². The first-order chi connectivity index (χ1) is 8.70. The number of amides is 1. The molecule has 0 aromatic carbocycles. The van der Waals surface area contributed by atoms with Gasteiger partial charge in [-0.25, -0.2) is 0 Å². The number of unbranched alkanes of at least 4 members (excludes halogenated alkanes) is 1. The maximum absolute atomic E-state index is 11.6. The van der Waals surface area contributed by atoms with E-state index in [0.29, 0.717) is 11.8 Å². The molecule has 0 spiro atoms. The molecule has 6 heteroatoms. The third kappa shape index (κ3) is 3.73.